The molecule has 0 saturated heterocycles. The first kappa shape index (κ1) is 22.3. The number of rotatable bonds is 8. The molecule has 0 aliphatic heterocycles. The quantitative estimate of drug-likeness (QED) is 0.368. The van der Waals surface area contributed by atoms with Gasteiger partial charge in [-0.15, -0.1) is 0 Å². The predicted octanol–water partition coefficient (Wildman–Crippen LogP) is 5.25. The molecule has 4 aromatic rings. The van der Waals surface area contributed by atoms with Crippen LogP contribution in [0.15, 0.2) is 63.6 Å². The van der Waals surface area contributed by atoms with Gasteiger partial charge in [0.05, 0.1) is 29.9 Å². The molecule has 0 aliphatic carbocycles. The average molecular weight is 446 g/mol. The molecule has 0 radical (unpaired) electrons. The summed E-state index contributed by atoms with van der Waals surface area (Å²) >= 11 is 0. The zero-order valence-electron chi connectivity index (χ0n) is 19.3. The number of hydrogen-bond donors (Lipinski definition) is 0. The van der Waals surface area contributed by atoms with Crippen molar-refractivity contribution in [1.29, 1.82) is 0 Å². The van der Waals surface area contributed by atoms with Gasteiger partial charge >= 0.3 is 0 Å². The lowest BCUT2D eigenvalue weighted by Crippen LogP contribution is -2.32. The van der Waals surface area contributed by atoms with Crippen molar-refractivity contribution in [1.82, 2.24) is 10.3 Å². The molecule has 2 heterocycles. The van der Waals surface area contributed by atoms with Crippen LogP contribution in [0.3, 0.4) is 0 Å². The summed E-state index contributed by atoms with van der Waals surface area (Å²) in [6, 6.07) is 17.2. The average Bonchev–Trinajstić information content (AvgIpc) is 3.31. The summed E-state index contributed by atoms with van der Waals surface area (Å²) in [5.41, 5.74) is 5.24. The second-order valence-corrected chi connectivity index (χ2v) is 8.03. The summed E-state index contributed by atoms with van der Waals surface area (Å²) in [6.07, 6.45) is 0.266. The van der Waals surface area contributed by atoms with Gasteiger partial charge < -0.3 is 18.7 Å². The molecule has 0 aliphatic rings. The third kappa shape index (κ3) is 5.14. The molecule has 0 unspecified atom stereocenters. The van der Waals surface area contributed by atoms with Gasteiger partial charge in [0.2, 0.25) is 5.91 Å². The summed E-state index contributed by atoms with van der Waals surface area (Å²) in [6.45, 7) is 8.31. The van der Waals surface area contributed by atoms with Crippen LogP contribution in [0.5, 0.6) is 5.75 Å². The van der Waals surface area contributed by atoms with E-state index in [4.69, 9.17) is 13.8 Å². The Bertz CT molecular complexity index is 1190. The van der Waals surface area contributed by atoms with Gasteiger partial charge in [0, 0.05) is 11.3 Å². The van der Waals surface area contributed by atoms with Crippen LogP contribution in [0.2, 0.25) is 0 Å². The lowest BCUT2D eigenvalue weighted by molar-refractivity contribution is -0.118. The van der Waals surface area contributed by atoms with Crippen LogP contribution >= 0.6 is 0 Å². The number of aromatic nitrogens is 2. The van der Waals surface area contributed by atoms with E-state index in [0.717, 1.165) is 51.0 Å². The molecule has 0 atom stereocenters. The minimum Gasteiger partial charge on any atom is -0.489 e. The highest BCUT2D eigenvalue weighted by Crippen LogP contribution is 2.23. The van der Waals surface area contributed by atoms with E-state index in [9.17, 15) is 4.79 Å². The van der Waals surface area contributed by atoms with E-state index >= 15 is 0 Å². The summed E-state index contributed by atoms with van der Waals surface area (Å²) in [5.74, 6) is 2.20. The Balaban J connectivity index is 1.46. The van der Waals surface area contributed by atoms with Crippen molar-refractivity contribution >= 4 is 11.6 Å². The number of benzene rings is 2. The molecule has 2 aromatic heterocycles. The molecule has 0 bridgehead atoms. The molecule has 0 spiro atoms. The Morgan fingerprint density at radius 2 is 1.45 bits per heavy atom. The third-order valence-electron chi connectivity index (χ3n) is 5.71. The lowest BCUT2D eigenvalue weighted by Gasteiger charge is -2.23. The van der Waals surface area contributed by atoms with E-state index < -0.39 is 0 Å². The van der Waals surface area contributed by atoms with Crippen molar-refractivity contribution in [2.24, 2.45) is 0 Å². The number of amides is 1. The summed E-state index contributed by atoms with van der Waals surface area (Å²) in [5, 5.41) is 7.97. The molecule has 0 N–H and O–H groups in total. The fourth-order valence-electron chi connectivity index (χ4n) is 3.65. The molecule has 4 rings (SSSR count). The molecule has 7 heteroatoms. The van der Waals surface area contributed by atoms with Gasteiger partial charge in [-0.25, -0.2) is 0 Å². The Hall–Kier alpha value is -3.87. The normalized spacial score (nSPS) is 10.9. The Kier molecular flexibility index (Phi) is 6.58. The molecule has 7 nitrogen and oxygen atoms in total. The number of carbonyl (C=O) groups excluding carboxylic acids is 1. The minimum atomic E-state index is -0.00871. The molecule has 2 aromatic carbocycles. The van der Waals surface area contributed by atoms with Gasteiger partial charge in [-0.3, -0.25) is 4.79 Å². The molecule has 1 amide bonds. The van der Waals surface area contributed by atoms with Gasteiger partial charge in [0.25, 0.3) is 0 Å². The van der Waals surface area contributed by atoms with Crippen molar-refractivity contribution in [2.75, 3.05) is 4.90 Å². The highest BCUT2D eigenvalue weighted by atomic mass is 16.5. The third-order valence-corrected chi connectivity index (χ3v) is 5.71. The fraction of sp³-hybridized carbons (Fsp3) is 0.269. The van der Waals surface area contributed by atoms with E-state index in [-0.39, 0.29) is 12.3 Å². The maximum atomic E-state index is 13.3. The van der Waals surface area contributed by atoms with Crippen LogP contribution in [0.4, 0.5) is 5.69 Å². The smallest absolute Gasteiger partial charge is 0.231 e. The Morgan fingerprint density at radius 3 is 2.03 bits per heavy atom. The van der Waals surface area contributed by atoms with Gasteiger partial charge in [0.15, 0.2) is 0 Å². The monoisotopic (exact) mass is 445 g/mol. The van der Waals surface area contributed by atoms with E-state index in [1.54, 1.807) is 4.90 Å². The molecule has 0 saturated carbocycles. The van der Waals surface area contributed by atoms with Crippen molar-refractivity contribution < 1.29 is 18.6 Å². The van der Waals surface area contributed by atoms with E-state index in [0.29, 0.717) is 13.2 Å². The standard InChI is InChI=1S/C26H27N3O4/c1-17-24(19(3)32-27-17)15-29(22-8-6-5-7-9-22)26(30)14-21-10-12-23(13-11-21)31-16-25-18(2)28-33-20(25)4/h5-13H,14-16H2,1-4H3. The molecular weight excluding hydrogens is 418 g/mol. The summed E-state index contributed by atoms with van der Waals surface area (Å²) in [7, 11) is 0. The number of hydrogen-bond acceptors (Lipinski definition) is 6. The fourth-order valence-corrected chi connectivity index (χ4v) is 3.65. The maximum Gasteiger partial charge on any atom is 0.231 e. The zero-order chi connectivity index (χ0) is 23.4. The van der Waals surface area contributed by atoms with Gasteiger partial charge in [-0.1, -0.05) is 40.6 Å². The van der Waals surface area contributed by atoms with Crippen LogP contribution < -0.4 is 9.64 Å². The molecule has 0 fully saturated rings. The highest BCUT2D eigenvalue weighted by Gasteiger charge is 2.20. The molecule has 170 valence electrons. The molecule has 33 heavy (non-hydrogen) atoms. The highest BCUT2D eigenvalue weighted by molar-refractivity contribution is 5.94. The largest absolute Gasteiger partial charge is 0.489 e. The van der Waals surface area contributed by atoms with Crippen LogP contribution in [-0.4, -0.2) is 16.2 Å². The number of carbonyl (C=O) groups is 1. The second-order valence-electron chi connectivity index (χ2n) is 8.03. The van der Waals surface area contributed by atoms with E-state index in [1.807, 2.05) is 82.3 Å². The Labute approximate surface area is 192 Å². The lowest BCUT2D eigenvalue weighted by atomic mass is 10.1. The van der Waals surface area contributed by atoms with Crippen LogP contribution in [0, 0.1) is 27.7 Å². The topological polar surface area (TPSA) is 81.6 Å². The van der Waals surface area contributed by atoms with Gasteiger partial charge in [-0.05, 0) is 57.5 Å². The second kappa shape index (κ2) is 9.73. The van der Waals surface area contributed by atoms with Gasteiger partial charge in [0.1, 0.15) is 23.9 Å². The van der Waals surface area contributed by atoms with Gasteiger partial charge in [-0.2, -0.15) is 0 Å². The van der Waals surface area contributed by atoms with Crippen LogP contribution in [0.1, 0.15) is 39.6 Å². The van der Waals surface area contributed by atoms with Crippen molar-refractivity contribution in [3.63, 3.8) is 0 Å². The zero-order valence-corrected chi connectivity index (χ0v) is 19.3. The summed E-state index contributed by atoms with van der Waals surface area (Å²) in [4.78, 5) is 15.1. The SMILES string of the molecule is Cc1noc(C)c1COc1ccc(CC(=O)N(Cc2c(C)noc2C)c2ccccc2)cc1. The van der Waals surface area contributed by atoms with Crippen LogP contribution in [0.25, 0.3) is 0 Å². The number of para-hydroxylation sites is 1. The van der Waals surface area contributed by atoms with Crippen molar-refractivity contribution in [2.45, 2.75) is 47.3 Å². The number of aryl methyl sites for hydroxylation is 4. The first-order valence-electron chi connectivity index (χ1n) is 10.8. The first-order chi connectivity index (χ1) is 15.9. The number of nitrogens with zero attached hydrogens (tertiary/aromatic N) is 3. The van der Waals surface area contributed by atoms with Crippen LogP contribution in [-0.2, 0) is 24.4 Å². The van der Waals surface area contributed by atoms with Crippen molar-refractivity contribution in [3.8, 4) is 5.75 Å². The number of ether oxygens (including phenoxy) is 1. The van der Waals surface area contributed by atoms with Crippen molar-refractivity contribution in [3.05, 3.63) is 94.2 Å². The van der Waals surface area contributed by atoms with E-state index in [1.165, 1.54) is 0 Å². The first-order valence-corrected chi connectivity index (χ1v) is 10.8. The summed E-state index contributed by atoms with van der Waals surface area (Å²) < 4.78 is 16.3. The number of anilines is 1. The van der Waals surface area contributed by atoms with E-state index in [2.05, 4.69) is 10.3 Å². The predicted molar refractivity (Wildman–Crippen MR) is 124 cm³/mol. The Morgan fingerprint density at radius 1 is 0.848 bits per heavy atom. The minimum absolute atomic E-state index is 0.00871. The maximum absolute atomic E-state index is 13.3. The molecular formula is C26H27N3O4.